The first-order valence-electron chi connectivity index (χ1n) is 11.0. The summed E-state index contributed by atoms with van der Waals surface area (Å²) < 4.78 is 29.1. The molecule has 0 fully saturated rings. The van der Waals surface area contributed by atoms with Crippen molar-refractivity contribution in [3.63, 3.8) is 0 Å². The minimum atomic E-state index is -0.485. The van der Waals surface area contributed by atoms with Crippen molar-refractivity contribution >= 4 is 46.2 Å². The van der Waals surface area contributed by atoms with E-state index in [0.29, 0.717) is 35.5 Å². The highest BCUT2D eigenvalue weighted by Crippen LogP contribution is 2.22. The standard InChI is InChI=1S/C27H23Cl2F2N3S/c28-24-15-21(30)9-8-20(24)17-33-13-4-7-23(33)18-34(14-12-19-5-2-1-3-6-19)27(35)32-22-10-11-26(31)25(29)16-22/h1-11,13,15-16H,12,14,17-18H2,(H,32,35). The maximum Gasteiger partial charge on any atom is 0.173 e. The number of rotatable bonds is 8. The highest BCUT2D eigenvalue weighted by molar-refractivity contribution is 7.80. The molecule has 35 heavy (non-hydrogen) atoms. The molecule has 0 saturated carbocycles. The monoisotopic (exact) mass is 529 g/mol. The van der Waals surface area contributed by atoms with Crippen molar-refractivity contribution in [1.29, 1.82) is 0 Å². The van der Waals surface area contributed by atoms with Crippen LogP contribution in [0.2, 0.25) is 10.0 Å². The first-order valence-corrected chi connectivity index (χ1v) is 12.2. The summed E-state index contributed by atoms with van der Waals surface area (Å²) in [7, 11) is 0. The minimum Gasteiger partial charge on any atom is -0.345 e. The van der Waals surface area contributed by atoms with Gasteiger partial charge in [0.25, 0.3) is 0 Å². The first kappa shape index (κ1) is 25.2. The van der Waals surface area contributed by atoms with Gasteiger partial charge in [-0.05, 0) is 72.2 Å². The lowest BCUT2D eigenvalue weighted by Gasteiger charge is -2.27. The predicted octanol–water partition coefficient (Wildman–Crippen LogP) is 7.56. The molecule has 1 aromatic heterocycles. The van der Waals surface area contributed by atoms with Gasteiger partial charge >= 0.3 is 0 Å². The molecule has 1 N–H and O–H groups in total. The molecule has 1 heterocycles. The molecule has 0 bridgehead atoms. The van der Waals surface area contributed by atoms with Gasteiger partial charge in [0.1, 0.15) is 11.6 Å². The van der Waals surface area contributed by atoms with Crippen LogP contribution in [0, 0.1) is 11.6 Å². The number of benzene rings is 3. The largest absolute Gasteiger partial charge is 0.345 e. The zero-order valence-corrected chi connectivity index (χ0v) is 21.1. The van der Waals surface area contributed by atoms with Crippen LogP contribution in [0.25, 0.3) is 0 Å². The lowest BCUT2D eigenvalue weighted by atomic mass is 10.1. The number of anilines is 1. The zero-order valence-electron chi connectivity index (χ0n) is 18.7. The van der Waals surface area contributed by atoms with Crippen molar-refractivity contribution in [3.05, 3.63) is 124 Å². The van der Waals surface area contributed by atoms with Gasteiger partial charge in [0.15, 0.2) is 5.11 Å². The summed E-state index contributed by atoms with van der Waals surface area (Å²) in [5, 5.41) is 4.09. The molecule has 0 radical (unpaired) electrons. The van der Waals surface area contributed by atoms with Gasteiger partial charge in [-0.3, -0.25) is 0 Å². The molecule has 3 nitrogen and oxygen atoms in total. The topological polar surface area (TPSA) is 20.2 Å². The van der Waals surface area contributed by atoms with Crippen LogP contribution >= 0.6 is 35.4 Å². The molecule has 0 aliphatic carbocycles. The average Bonchev–Trinajstić information content (AvgIpc) is 3.28. The van der Waals surface area contributed by atoms with Crippen LogP contribution < -0.4 is 5.32 Å². The zero-order chi connectivity index (χ0) is 24.8. The Morgan fingerprint density at radius 3 is 2.46 bits per heavy atom. The normalized spacial score (nSPS) is 10.9. The van der Waals surface area contributed by atoms with Gasteiger partial charge in [-0.25, -0.2) is 8.78 Å². The molecular weight excluding hydrogens is 507 g/mol. The molecule has 8 heteroatoms. The van der Waals surface area contributed by atoms with Crippen LogP contribution in [0.1, 0.15) is 16.8 Å². The van der Waals surface area contributed by atoms with Gasteiger partial charge in [0.05, 0.1) is 11.6 Å². The number of halogens is 4. The van der Waals surface area contributed by atoms with E-state index in [1.165, 1.54) is 29.8 Å². The van der Waals surface area contributed by atoms with Gasteiger partial charge in [0, 0.05) is 35.7 Å². The summed E-state index contributed by atoms with van der Waals surface area (Å²) in [6.45, 7) is 1.69. The molecule has 0 amide bonds. The van der Waals surface area contributed by atoms with Crippen LogP contribution in [0.5, 0.6) is 0 Å². The molecule has 0 saturated heterocycles. The van der Waals surface area contributed by atoms with E-state index in [4.69, 9.17) is 35.4 Å². The number of thiocarbonyl (C=S) groups is 1. The van der Waals surface area contributed by atoms with E-state index >= 15 is 0 Å². The molecular formula is C27H23Cl2F2N3S. The minimum absolute atomic E-state index is 0.0266. The summed E-state index contributed by atoms with van der Waals surface area (Å²) in [6, 6.07) is 23.0. The van der Waals surface area contributed by atoms with Crippen molar-refractivity contribution in [2.75, 3.05) is 11.9 Å². The fraction of sp³-hybridized carbons (Fsp3) is 0.148. The Kier molecular flexibility index (Phi) is 8.39. The maximum atomic E-state index is 13.6. The Labute approximate surface area is 218 Å². The molecule has 0 spiro atoms. The Morgan fingerprint density at radius 2 is 1.71 bits per heavy atom. The number of hydrogen-bond donors (Lipinski definition) is 1. The quantitative estimate of drug-likeness (QED) is 0.238. The highest BCUT2D eigenvalue weighted by Gasteiger charge is 2.15. The second-order valence-corrected chi connectivity index (χ2v) is 9.28. The van der Waals surface area contributed by atoms with Crippen LogP contribution in [0.3, 0.4) is 0 Å². The second kappa shape index (κ2) is 11.7. The molecule has 0 aliphatic rings. The maximum absolute atomic E-state index is 13.6. The van der Waals surface area contributed by atoms with Crippen LogP contribution in [0.15, 0.2) is 85.1 Å². The third kappa shape index (κ3) is 6.82. The van der Waals surface area contributed by atoms with Crippen molar-refractivity contribution in [2.45, 2.75) is 19.5 Å². The van der Waals surface area contributed by atoms with Gasteiger partial charge in [-0.2, -0.15) is 0 Å². The Bertz CT molecular complexity index is 1310. The fourth-order valence-corrected chi connectivity index (χ4v) is 4.40. The van der Waals surface area contributed by atoms with Crippen molar-refractivity contribution < 1.29 is 8.78 Å². The van der Waals surface area contributed by atoms with E-state index in [2.05, 4.69) is 26.9 Å². The summed E-state index contributed by atoms with van der Waals surface area (Å²) in [5.41, 5.74) is 3.64. The van der Waals surface area contributed by atoms with Crippen molar-refractivity contribution in [1.82, 2.24) is 9.47 Å². The van der Waals surface area contributed by atoms with Crippen LogP contribution in [-0.2, 0) is 19.5 Å². The van der Waals surface area contributed by atoms with E-state index in [1.54, 1.807) is 12.1 Å². The Morgan fingerprint density at radius 1 is 0.914 bits per heavy atom. The lowest BCUT2D eigenvalue weighted by Crippen LogP contribution is -2.36. The highest BCUT2D eigenvalue weighted by atomic mass is 35.5. The average molecular weight is 530 g/mol. The Hall–Kier alpha value is -2.93. The summed E-state index contributed by atoms with van der Waals surface area (Å²) >= 11 is 17.9. The van der Waals surface area contributed by atoms with Gasteiger partial charge in [-0.15, -0.1) is 0 Å². The SMILES string of the molecule is Fc1ccc(Cn2cccc2CN(CCc2ccccc2)C(=S)Nc2ccc(F)c(Cl)c2)c(Cl)c1. The molecule has 0 atom stereocenters. The molecule has 4 rings (SSSR count). The summed E-state index contributed by atoms with van der Waals surface area (Å²) in [5.74, 6) is -0.850. The molecule has 0 unspecified atom stereocenters. The summed E-state index contributed by atoms with van der Waals surface area (Å²) in [6.07, 6.45) is 2.75. The number of aromatic nitrogens is 1. The van der Waals surface area contributed by atoms with E-state index in [1.807, 2.05) is 36.5 Å². The van der Waals surface area contributed by atoms with Gasteiger partial charge in [-0.1, -0.05) is 59.6 Å². The van der Waals surface area contributed by atoms with Crippen LogP contribution in [0.4, 0.5) is 14.5 Å². The third-order valence-corrected chi connectivity index (χ3v) is 6.61. The van der Waals surface area contributed by atoms with E-state index < -0.39 is 5.82 Å². The smallest absolute Gasteiger partial charge is 0.173 e. The second-order valence-electron chi connectivity index (χ2n) is 8.08. The van der Waals surface area contributed by atoms with Crippen molar-refractivity contribution in [3.8, 4) is 0 Å². The van der Waals surface area contributed by atoms with Crippen LogP contribution in [-0.4, -0.2) is 21.1 Å². The number of nitrogens with one attached hydrogen (secondary N) is 1. The van der Waals surface area contributed by atoms with E-state index in [-0.39, 0.29) is 10.8 Å². The Balaban J connectivity index is 1.53. The first-order chi connectivity index (χ1) is 16.9. The molecule has 3 aromatic carbocycles. The fourth-order valence-electron chi connectivity index (χ4n) is 3.71. The number of hydrogen-bond acceptors (Lipinski definition) is 1. The summed E-state index contributed by atoms with van der Waals surface area (Å²) in [4.78, 5) is 2.05. The predicted molar refractivity (Wildman–Crippen MR) is 143 cm³/mol. The molecule has 0 aliphatic heterocycles. The van der Waals surface area contributed by atoms with Gasteiger partial charge < -0.3 is 14.8 Å². The molecule has 180 valence electrons. The lowest BCUT2D eigenvalue weighted by molar-refractivity contribution is 0.409. The number of nitrogens with zero attached hydrogens (tertiary/aromatic N) is 2. The third-order valence-electron chi connectivity index (χ3n) is 5.60. The molecule has 4 aromatic rings. The van der Waals surface area contributed by atoms with E-state index in [9.17, 15) is 8.78 Å². The van der Waals surface area contributed by atoms with Gasteiger partial charge in [0.2, 0.25) is 0 Å². The van der Waals surface area contributed by atoms with E-state index in [0.717, 1.165) is 17.7 Å². The van der Waals surface area contributed by atoms with Crippen molar-refractivity contribution in [2.24, 2.45) is 0 Å².